The van der Waals surface area contributed by atoms with Gasteiger partial charge in [0.05, 0.1) is 6.07 Å². The number of nitrogens with one attached hydrogen (secondary N) is 1. The summed E-state index contributed by atoms with van der Waals surface area (Å²) in [6, 6.07) is 2.33. The normalized spacial score (nSPS) is 23.0. The standard InChI is InChI=1S/C16H25N3O2/c1-18-14(20)13-6-10-19(11-7-13)15(21)16(12-17)8-4-2-3-5-9-16/h13H,2-11H2,1H3,(H,18,20). The van der Waals surface area contributed by atoms with Crippen LogP contribution in [0.2, 0.25) is 0 Å². The minimum atomic E-state index is -0.809. The highest BCUT2D eigenvalue weighted by atomic mass is 16.2. The fraction of sp³-hybridized carbons (Fsp3) is 0.812. The van der Waals surface area contributed by atoms with Gasteiger partial charge >= 0.3 is 0 Å². The zero-order valence-corrected chi connectivity index (χ0v) is 12.9. The van der Waals surface area contributed by atoms with Crippen molar-refractivity contribution in [1.82, 2.24) is 10.2 Å². The van der Waals surface area contributed by atoms with E-state index in [1.807, 2.05) is 4.90 Å². The van der Waals surface area contributed by atoms with Crippen molar-refractivity contribution in [3.8, 4) is 6.07 Å². The zero-order chi connectivity index (χ0) is 15.3. The van der Waals surface area contributed by atoms with Crippen LogP contribution in [0, 0.1) is 22.7 Å². The van der Waals surface area contributed by atoms with Crippen molar-refractivity contribution in [1.29, 1.82) is 5.26 Å². The van der Waals surface area contributed by atoms with Gasteiger partial charge in [-0.05, 0) is 25.7 Å². The van der Waals surface area contributed by atoms with Gasteiger partial charge in [0.25, 0.3) is 0 Å². The Morgan fingerprint density at radius 1 is 1.14 bits per heavy atom. The summed E-state index contributed by atoms with van der Waals surface area (Å²) in [7, 11) is 1.65. The summed E-state index contributed by atoms with van der Waals surface area (Å²) in [6.45, 7) is 1.20. The fourth-order valence-electron chi connectivity index (χ4n) is 3.56. The Balaban J connectivity index is 2.00. The summed E-state index contributed by atoms with van der Waals surface area (Å²) in [5, 5.41) is 12.3. The molecule has 0 unspecified atom stereocenters. The van der Waals surface area contributed by atoms with E-state index in [4.69, 9.17) is 0 Å². The lowest BCUT2D eigenvalue weighted by atomic mass is 9.79. The molecule has 2 aliphatic rings. The molecule has 1 N–H and O–H groups in total. The van der Waals surface area contributed by atoms with E-state index in [1.165, 1.54) is 0 Å². The highest BCUT2D eigenvalue weighted by Crippen LogP contribution is 2.37. The molecule has 0 aromatic rings. The Labute approximate surface area is 126 Å². The lowest BCUT2D eigenvalue weighted by Gasteiger charge is -2.36. The number of nitriles is 1. The highest BCUT2D eigenvalue weighted by molar-refractivity contribution is 5.86. The molecule has 1 saturated heterocycles. The number of rotatable bonds is 2. The summed E-state index contributed by atoms with van der Waals surface area (Å²) in [5.74, 6) is 0.0695. The number of carbonyl (C=O) groups excluding carboxylic acids is 2. The van der Waals surface area contributed by atoms with Crippen LogP contribution in [0.3, 0.4) is 0 Å². The molecule has 5 heteroatoms. The first-order valence-corrected chi connectivity index (χ1v) is 8.05. The second-order valence-electron chi connectivity index (χ2n) is 6.29. The van der Waals surface area contributed by atoms with Gasteiger partial charge in [-0.15, -0.1) is 0 Å². The number of nitrogens with zero attached hydrogens (tertiary/aromatic N) is 2. The Kier molecular flexibility index (Phi) is 5.22. The number of hydrogen-bond acceptors (Lipinski definition) is 3. The molecule has 0 spiro atoms. The van der Waals surface area contributed by atoms with Gasteiger partial charge in [-0.3, -0.25) is 9.59 Å². The molecule has 21 heavy (non-hydrogen) atoms. The molecule has 0 radical (unpaired) electrons. The van der Waals surface area contributed by atoms with Crippen LogP contribution in [-0.4, -0.2) is 36.9 Å². The molecule has 1 aliphatic carbocycles. The maximum atomic E-state index is 12.8. The number of hydrogen-bond donors (Lipinski definition) is 1. The zero-order valence-electron chi connectivity index (χ0n) is 12.9. The van der Waals surface area contributed by atoms with Crippen molar-refractivity contribution in [2.45, 2.75) is 51.4 Å². The third kappa shape index (κ3) is 3.37. The van der Waals surface area contributed by atoms with Crippen molar-refractivity contribution in [2.75, 3.05) is 20.1 Å². The van der Waals surface area contributed by atoms with Crippen LogP contribution >= 0.6 is 0 Å². The maximum Gasteiger partial charge on any atom is 0.243 e. The molecule has 5 nitrogen and oxygen atoms in total. The van der Waals surface area contributed by atoms with Gasteiger partial charge in [0.2, 0.25) is 11.8 Å². The molecule has 0 aromatic carbocycles. The molecule has 2 rings (SSSR count). The molecule has 0 atom stereocenters. The predicted molar refractivity (Wildman–Crippen MR) is 79.1 cm³/mol. The second-order valence-corrected chi connectivity index (χ2v) is 6.29. The van der Waals surface area contributed by atoms with E-state index in [9.17, 15) is 14.9 Å². The predicted octanol–water partition coefficient (Wildman–Crippen LogP) is 1.84. The van der Waals surface area contributed by atoms with Crippen molar-refractivity contribution in [3.05, 3.63) is 0 Å². The van der Waals surface area contributed by atoms with E-state index in [0.29, 0.717) is 38.8 Å². The van der Waals surface area contributed by atoms with E-state index in [2.05, 4.69) is 11.4 Å². The third-order valence-corrected chi connectivity index (χ3v) is 4.98. The van der Waals surface area contributed by atoms with Crippen LogP contribution < -0.4 is 5.32 Å². The minimum absolute atomic E-state index is 0.00209. The summed E-state index contributed by atoms with van der Waals surface area (Å²) >= 11 is 0. The molecular weight excluding hydrogens is 266 g/mol. The van der Waals surface area contributed by atoms with Crippen molar-refractivity contribution in [2.24, 2.45) is 11.3 Å². The molecule has 0 bridgehead atoms. The van der Waals surface area contributed by atoms with Crippen LogP contribution in [-0.2, 0) is 9.59 Å². The van der Waals surface area contributed by atoms with Crippen LogP contribution in [0.25, 0.3) is 0 Å². The first-order valence-electron chi connectivity index (χ1n) is 8.05. The molecule has 2 fully saturated rings. The fourth-order valence-corrected chi connectivity index (χ4v) is 3.56. The smallest absolute Gasteiger partial charge is 0.243 e. The first kappa shape index (κ1) is 15.8. The Morgan fingerprint density at radius 3 is 2.19 bits per heavy atom. The Hall–Kier alpha value is -1.57. The Bertz CT molecular complexity index is 425. The topological polar surface area (TPSA) is 73.2 Å². The van der Waals surface area contributed by atoms with Crippen molar-refractivity contribution in [3.63, 3.8) is 0 Å². The average molecular weight is 291 g/mol. The van der Waals surface area contributed by atoms with E-state index >= 15 is 0 Å². The van der Waals surface area contributed by atoms with Gasteiger partial charge in [-0.1, -0.05) is 25.7 Å². The minimum Gasteiger partial charge on any atom is -0.359 e. The lowest BCUT2D eigenvalue weighted by molar-refractivity contribution is -0.142. The molecule has 0 aromatic heterocycles. The van der Waals surface area contributed by atoms with Gasteiger partial charge in [0.15, 0.2) is 0 Å². The molecule has 1 saturated carbocycles. The maximum absolute atomic E-state index is 12.8. The molecule has 1 heterocycles. The summed E-state index contributed by atoms with van der Waals surface area (Å²) in [5.41, 5.74) is -0.809. The van der Waals surface area contributed by atoms with Gasteiger partial charge < -0.3 is 10.2 Å². The highest BCUT2D eigenvalue weighted by Gasteiger charge is 2.42. The van der Waals surface area contributed by atoms with Crippen molar-refractivity contribution >= 4 is 11.8 Å². The lowest BCUT2D eigenvalue weighted by Crippen LogP contribution is -2.48. The Morgan fingerprint density at radius 2 is 1.71 bits per heavy atom. The SMILES string of the molecule is CNC(=O)C1CCN(C(=O)C2(C#N)CCCCCC2)CC1. The average Bonchev–Trinajstić information content (AvgIpc) is 2.80. The van der Waals surface area contributed by atoms with Gasteiger partial charge in [-0.25, -0.2) is 0 Å². The number of amides is 2. The van der Waals surface area contributed by atoms with Gasteiger partial charge in [-0.2, -0.15) is 5.26 Å². The van der Waals surface area contributed by atoms with Crippen molar-refractivity contribution < 1.29 is 9.59 Å². The molecule has 116 valence electrons. The van der Waals surface area contributed by atoms with Crippen LogP contribution in [0.1, 0.15) is 51.4 Å². The van der Waals surface area contributed by atoms with Crippen LogP contribution in [0.4, 0.5) is 0 Å². The number of carbonyl (C=O) groups is 2. The van der Waals surface area contributed by atoms with E-state index in [0.717, 1.165) is 25.7 Å². The van der Waals surface area contributed by atoms with E-state index in [1.54, 1.807) is 7.05 Å². The number of likely N-dealkylation sites (tertiary alicyclic amines) is 1. The summed E-state index contributed by atoms with van der Waals surface area (Å²) in [4.78, 5) is 26.3. The van der Waals surface area contributed by atoms with E-state index in [-0.39, 0.29) is 17.7 Å². The third-order valence-electron chi connectivity index (χ3n) is 4.98. The van der Waals surface area contributed by atoms with E-state index < -0.39 is 5.41 Å². The molecular formula is C16H25N3O2. The number of piperidine rings is 1. The van der Waals surface area contributed by atoms with Gasteiger partial charge in [0.1, 0.15) is 5.41 Å². The summed E-state index contributed by atoms with van der Waals surface area (Å²) in [6.07, 6.45) is 6.96. The quantitative estimate of drug-likeness (QED) is 0.789. The van der Waals surface area contributed by atoms with Crippen LogP contribution in [0.15, 0.2) is 0 Å². The second kappa shape index (κ2) is 6.93. The van der Waals surface area contributed by atoms with Gasteiger partial charge in [0, 0.05) is 26.1 Å². The molecule has 1 aliphatic heterocycles. The monoisotopic (exact) mass is 291 g/mol. The largest absolute Gasteiger partial charge is 0.359 e. The molecule has 2 amide bonds. The summed E-state index contributed by atoms with van der Waals surface area (Å²) < 4.78 is 0. The first-order chi connectivity index (χ1) is 10.1. The van der Waals surface area contributed by atoms with Crippen LogP contribution in [0.5, 0.6) is 0 Å².